The smallest absolute Gasteiger partial charge is 0.231 e. The van der Waals surface area contributed by atoms with E-state index in [-0.39, 0.29) is 12.4 Å². The molecule has 0 aliphatic heterocycles. The molecular formula is C16H18FN3O. The van der Waals surface area contributed by atoms with Crippen LogP contribution in [0.1, 0.15) is 11.1 Å². The number of para-hydroxylation sites is 1. The summed E-state index contributed by atoms with van der Waals surface area (Å²) in [5.41, 5.74) is 13.6. The van der Waals surface area contributed by atoms with Crippen LogP contribution in [-0.2, 0) is 17.9 Å². The Labute approximate surface area is 123 Å². The van der Waals surface area contributed by atoms with Gasteiger partial charge in [-0.05, 0) is 29.3 Å². The molecular weight excluding hydrogens is 269 g/mol. The second-order valence-corrected chi connectivity index (χ2v) is 4.94. The maximum atomic E-state index is 13.2. The Bertz CT molecular complexity index is 630. The van der Waals surface area contributed by atoms with Gasteiger partial charge in [-0.2, -0.15) is 0 Å². The Morgan fingerprint density at radius 2 is 1.86 bits per heavy atom. The number of amides is 1. The quantitative estimate of drug-likeness (QED) is 0.797. The van der Waals surface area contributed by atoms with E-state index in [2.05, 4.69) is 0 Å². The molecule has 0 saturated carbocycles. The first-order valence-corrected chi connectivity index (χ1v) is 6.63. The second kappa shape index (κ2) is 6.85. The van der Waals surface area contributed by atoms with Crippen LogP contribution < -0.4 is 11.5 Å². The van der Waals surface area contributed by atoms with Crippen molar-refractivity contribution in [2.45, 2.75) is 13.1 Å². The molecule has 4 N–H and O–H groups in total. The van der Waals surface area contributed by atoms with Gasteiger partial charge in [-0.25, -0.2) is 4.39 Å². The lowest BCUT2D eigenvalue weighted by atomic mass is 10.1. The van der Waals surface area contributed by atoms with Gasteiger partial charge in [-0.15, -0.1) is 0 Å². The number of nitrogen functional groups attached to an aromatic ring is 1. The van der Waals surface area contributed by atoms with Crippen LogP contribution in [0.3, 0.4) is 0 Å². The number of nitrogens with zero attached hydrogens (tertiary/aromatic N) is 1. The van der Waals surface area contributed by atoms with Crippen LogP contribution in [0.25, 0.3) is 0 Å². The predicted molar refractivity (Wildman–Crippen MR) is 80.6 cm³/mol. The van der Waals surface area contributed by atoms with Gasteiger partial charge in [-0.1, -0.05) is 30.3 Å². The number of carbonyl (C=O) groups excluding carboxylic acids is 1. The van der Waals surface area contributed by atoms with E-state index >= 15 is 0 Å². The molecule has 0 unspecified atom stereocenters. The highest BCUT2D eigenvalue weighted by Crippen LogP contribution is 2.15. The minimum absolute atomic E-state index is 0.0881. The van der Waals surface area contributed by atoms with Crippen molar-refractivity contribution in [1.82, 2.24) is 4.90 Å². The number of nitrogens with two attached hydrogens (primary N) is 2. The molecule has 2 rings (SSSR count). The Morgan fingerprint density at radius 3 is 2.52 bits per heavy atom. The number of rotatable bonds is 6. The highest BCUT2D eigenvalue weighted by molar-refractivity contribution is 5.75. The molecule has 0 spiro atoms. The zero-order valence-corrected chi connectivity index (χ0v) is 11.6. The molecule has 5 heteroatoms. The maximum Gasteiger partial charge on any atom is 0.231 e. The van der Waals surface area contributed by atoms with E-state index in [4.69, 9.17) is 11.5 Å². The molecule has 1 amide bonds. The normalized spacial score (nSPS) is 10.8. The summed E-state index contributed by atoms with van der Waals surface area (Å²) in [5, 5.41) is 0. The molecule has 0 aromatic heterocycles. The SMILES string of the molecule is NC(=O)CN(Cc1cccc(F)c1)Cc1ccccc1N. The van der Waals surface area contributed by atoms with Gasteiger partial charge in [0.2, 0.25) is 5.91 Å². The number of halogens is 1. The van der Waals surface area contributed by atoms with Gasteiger partial charge in [0, 0.05) is 18.8 Å². The lowest BCUT2D eigenvalue weighted by Gasteiger charge is -2.21. The van der Waals surface area contributed by atoms with Gasteiger partial charge < -0.3 is 11.5 Å². The highest BCUT2D eigenvalue weighted by Gasteiger charge is 2.12. The summed E-state index contributed by atoms with van der Waals surface area (Å²) in [5.74, 6) is -0.730. The van der Waals surface area contributed by atoms with E-state index in [0.29, 0.717) is 18.8 Å². The summed E-state index contributed by atoms with van der Waals surface area (Å²) < 4.78 is 13.2. The Hall–Kier alpha value is -2.40. The number of carbonyl (C=O) groups is 1. The predicted octanol–water partition coefficient (Wildman–Crippen LogP) is 1.90. The van der Waals surface area contributed by atoms with Crippen LogP contribution >= 0.6 is 0 Å². The summed E-state index contributed by atoms with van der Waals surface area (Å²) in [6.07, 6.45) is 0. The zero-order chi connectivity index (χ0) is 15.2. The van der Waals surface area contributed by atoms with Crippen molar-refractivity contribution in [2.75, 3.05) is 12.3 Å². The Kier molecular flexibility index (Phi) is 4.90. The fourth-order valence-corrected chi connectivity index (χ4v) is 2.20. The number of benzene rings is 2. The molecule has 0 heterocycles. The molecule has 2 aromatic carbocycles. The Morgan fingerprint density at radius 1 is 1.10 bits per heavy atom. The van der Waals surface area contributed by atoms with Crippen molar-refractivity contribution in [3.8, 4) is 0 Å². The number of primary amides is 1. The molecule has 0 aliphatic carbocycles. The summed E-state index contributed by atoms with van der Waals surface area (Å²) in [7, 11) is 0. The molecule has 0 aliphatic rings. The molecule has 21 heavy (non-hydrogen) atoms. The van der Waals surface area contributed by atoms with Crippen LogP contribution in [-0.4, -0.2) is 17.4 Å². The van der Waals surface area contributed by atoms with E-state index in [1.807, 2.05) is 29.2 Å². The van der Waals surface area contributed by atoms with E-state index in [1.54, 1.807) is 12.1 Å². The van der Waals surface area contributed by atoms with Crippen LogP contribution in [0.5, 0.6) is 0 Å². The lowest BCUT2D eigenvalue weighted by molar-refractivity contribution is -0.119. The number of anilines is 1. The highest BCUT2D eigenvalue weighted by atomic mass is 19.1. The molecule has 0 atom stereocenters. The van der Waals surface area contributed by atoms with Crippen molar-refractivity contribution in [2.24, 2.45) is 5.73 Å². The maximum absolute atomic E-state index is 13.2. The van der Waals surface area contributed by atoms with Gasteiger partial charge >= 0.3 is 0 Å². The monoisotopic (exact) mass is 287 g/mol. The lowest BCUT2D eigenvalue weighted by Crippen LogP contribution is -2.33. The number of hydrogen-bond donors (Lipinski definition) is 2. The van der Waals surface area contributed by atoms with Crippen LogP contribution in [0.15, 0.2) is 48.5 Å². The Balaban J connectivity index is 2.15. The van der Waals surface area contributed by atoms with Gasteiger partial charge in [0.25, 0.3) is 0 Å². The van der Waals surface area contributed by atoms with Gasteiger partial charge in [-0.3, -0.25) is 9.69 Å². The van der Waals surface area contributed by atoms with Gasteiger partial charge in [0.05, 0.1) is 6.54 Å². The topological polar surface area (TPSA) is 72.4 Å². The zero-order valence-electron chi connectivity index (χ0n) is 11.6. The average molecular weight is 287 g/mol. The molecule has 110 valence electrons. The molecule has 0 saturated heterocycles. The fraction of sp³-hybridized carbons (Fsp3) is 0.188. The third-order valence-electron chi connectivity index (χ3n) is 3.12. The summed E-state index contributed by atoms with van der Waals surface area (Å²) in [6.45, 7) is 0.992. The van der Waals surface area contributed by atoms with Crippen LogP contribution in [0.4, 0.5) is 10.1 Å². The molecule has 0 fully saturated rings. The third-order valence-corrected chi connectivity index (χ3v) is 3.12. The summed E-state index contributed by atoms with van der Waals surface area (Å²) >= 11 is 0. The van der Waals surface area contributed by atoms with E-state index in [1.165, 1.54) is 12.1 Å². The second-order valence-electron chi connectivity index (χ2n) is 4.94. The van der Waals surface area contributed by atoms with E-state index in [9.17, 15) is 9.18 Å². The van der Waals surface area contributed by atoms with Gasteiger partial charge in [0.15, 0.2) is 0 Å². The van der Waals surface area contributed by atoms with E-state index in [0.717, 1.165) is 11.1 Å². The average Bonchev–Trinajstić information content (AvgIpc) is 2.40. The summed E-state index contributed by atoms with van der Waals surface area (Å²) in [4.78, 5) is 13.1. The molecule has 2 aromatic rings. The third kappa shape index (κ3) is 4.57. The van der Waals surface area contributed by atoms with Crippen molar-refractivity contribution in [1.29, 1.82) is 0 Å². The van der Waals surface area contributed by atoms with Crippen molar-refractivity contribution >= 4 is 11.6 Å². The van der Waals surface area contributed by atoms with Gasteiger partial charge in [0.1, 0.15) is 5.82 Å². The molecule has 0 radical (unpaired) electrons. The fourth-order valence-electron chi connectivity index (χ4n) is 2.20. The summed E-state index contributed by atoms with van der Waals surface area (Å²) in [6, 6.07) is 13.7. The first-order valence-electron chi connectivity index (χ1n) is 6.63. The first kappa shape index (κ1) is 15.0. The first-order chi connectivity index (χ1) is 10.0. The van der Waals surface area contributed by atoms with Crippen LogP contribution in [0, 0.1) is 5.82 Å². The van der Waals surface area contributed by atoms with E-state index < -0.39 is 5.91 Å². The largest absolute Gasteiger partial charge is 0.398 e. The van der Waals surface area contributed by atoms with Crippen molar-refractivity contribution < 1.29 is 9.18 Å². The van der Waals surface area contributed by atoms with Crippen LogP contribution in [0.2, 0.25) is 0 Å². The minimum atomic E-state index is -0.430. The molecule has 4 nitrogen and oxygen atoms in total. The van der Waals surface area contributed by atoms with Crippen molar-refractivity contribution in [3.63, 3.8) is 0 Å². The standard InChI is InChI=1S/C16H18FN3O/c17-14-6-3-4-12(8-14)9-20(11-16(19)21)10-13-5-1-2-7-15(13)18/h1-8H,9-11,18H2,(H2,19,21). The minimum Gasteiger partial charge on any atom is -0.398 e. The molecule has 0 bridgehead atoms. The number of hydrogen-bond acceptors (Lipinski definition) is 3. The van der Waals surface area contributed by atoms with Crippen molar-refractivity contribution in [3.05, 3.63) is 65.5 Å².